The minimum Gasteiger partial charge on any atom is -0.476 e. The Labute approximate surface area is 84.5 Å². The number of thiazole rings is 2. The van der Waals surface area contributed by atoms with Crippen LogP contribution >= 0.6 is 22.7 Å². The third-order valence-electron chi connectivity index (χ3n) is 1.34. The SMILES string of the molecule is O=C(O)c1nc2sc(C(=O)O)nc2s1. The second-order valence-electron chi connectivity index (χ2n) is 2.26. The number of rotatable bonds is 2. The molecule has 0 unspecified atom stereocenters. The van der Waals surface area contributed by atoms with Gasteiger partial charge in [-0.15, -0.1) is 0 Å². The summed E-state index contributed by atoms with van der Waals surface area (Å²) in [5.41, 5.74) is 0. The van der Waals surface area contributed by atoms with Gasteiger partial charge >= 0.3 is 11.9 Å². The molecule has 0 aromatic carbocycles. The molecule has 0 fully saturated rings. The molecule has 0 spiro atoms. The molecular weight excluding hydrogens is 228 g/mol. The molecule has 0 radical (unpaired) electrons. The van der Waals surface area contributed by atoms with Crippen LogP contribution in [-0.4, -0.2) is 32.1 Å². The van der Waals surface area contributed by atoms with Crippen molar-refractivity contribution in [2.24, 2.45) is 0 Å². The van der Waals surface area contributed by atoms with Crippen LogP contribution in [0.4, 0.5) is 0 Å². The highest BCUT2D eigenvalue weighted by molar-refractivity contribution is 7.27. The summed E-state index contributed by atoms with van der Waals surface area (Å²) in [5, 5.41) is 17.0. The summed E-state index contributed by atoms with van der Waals surface area (Å²) in [6.07, 6.45) is 0. The Balaban J connectivity index is 2.56. The highest BCUT2D eigenvalue weighted by Gasteiger charge is 2.17. The van der Waals surface area contributed by atoms with Gasteiger partial charge in [0.15, 0.2) is 9.66 Å². The van der Waals surface area contributed by atoms with Crippen molar-refractivity contribution in [2.45, 2.75) is 0 Å². The Morgan fingerprint density at radius 1 is 0.929 bits per heavy atom. The van der Waals surface area contributed by atoms with Crippen molar-refractivity contribution in [1.82, 2.24) is 9.97 Å². The maximum Gasteiger partial charge on any atom is 0.365 e. The molecule has 0 saturated heterocycles. The van der Waals surface area contributed by atoms with Crippen molar-refractivity contribution < 1.29 is 19.8 Å². The van der Waals surface area contributed by atoms with Crippen LogP contribution in [0.25, 0.3) is 9.66 Å². The Bertz CT molecular complexity index is 454. The van der Waals surface area contributed by atoms with E-state index in [1.54, 1.807) is 0 Å². The zero-order valence-corrected chi connectivity index (χ0v) is 8.05. The molecule has 2 aromatic rings. The molecule has 0 atom stereocenters. The average Bonchev–Trinajstić information content (AvgIpc) is 2.57. The van der Waals surface area contributed by atoms with Gasteiger partial charge in [-0.1, -0.05) is 22.7 Å². The van der Waals surface area contributed by atoms with E-state index in [0.717, 1.165) is 22.7 Å². The van der Waals surface area contributed by atoms with Crippen molar-refractivity contribution in [3.05, 3.63) is 10.0 Å². The predicted molar refractivity (Wildman–Crippen MR) is 49.2 cm³/mol. The highest BCUT2D eigenvalue weighted by Crippen LogP contribution is 2.26. The van der Waals surface area contributed by atoms with E-state index in [1.165, 1.54) is 0 Å². The van der Waals surface area contributed by atoms with Gasteiger partial charge in [-0.2, -0.15) is 0 Å². The molecule has 8 heteroatoms. The molecule has 0 bridgehead atoms. The van der Waals surface area contributed by atoms with Gasteiger partial charge in [0.05, 0.1) is 0 Å². The summed E-state index contributed by atoms with van der Waals surface area (Å²) in [6.45, 7) is 0. The van der Waals surface area contributed by atoms with Crippen LogP contribution in [0.15, 0.2) is 0 Å². The second-order valence-corrected chi connectivity index (χ2v) is 4.21. The van der Waals surface area contributed by atoms with Gasteiger partial charge in [0.1, 0.15) is 0 Å². The molecule has 0 saturated carbocycles. The molecule has 0 amide bonds. The van der Waals surface area contributed by atoms with Gasteiger partial charge in [-0.05, 0) is 0 Å². The smallest absolute Gasteiger partial charge is 0.365 e. The first kappa shape index (κ1) is 9.03. The highest BCUT2D eigenvalue weighted by atomic mass is 32.1. The van der Waals surface area contributed by atoms with Crippen LogP contribution < -0.4 is 0 Å². The monoisotopic (exact) mass is 230 g/mol. The van der Waals surface area contributed by atoms with Crippen molar-refractivity contribution >= 4 is 44.3 Å². The standard InChI is InChI=1S/C6H2N2O4S2/c9-5(10)3-7-1-2(14-3)8-4(13-1)6(11)12/h(H,9,10)(H,11,12). The fraction of sp³-hybridized carbons (Fsp3) is 0. The van der Waals surface area contributed by atoms with Gasteiger partial charge in [0.25, 0.3) is 0 Å². The summed E-state index contributed by atoms with van der Waals surface area (Å²) in [5.74, 6) is -2.26. The van der Waals surface area contributed by atoms with Crippen LogP contribution in [0.5, 0.6) is 0 Å². The van der Waals surface area contributed by atoms with Crippen LogP contribution in [0.3, 0.4) is 0 Å². The molecule has 0 aliphatic heterocycles. The van der Waals surface area contributed by atoms with E-state index in [-0.39, 0.29) is 10.0 Å². The first-order chi connectivity index (χ1) is 6.58. The number of carboxylic acids is 2. The minimum absolute atomic E-state index is 0.0734. The zero-order valence-electron chi connectivity index (χ0n) is 6.42. The van der Waals surface area contributed by atoms with Gasteiger partial charge in [-0.25, -0.2) is 19.6 Å². The lowest BCUT2D eigenvalue weighted by molar-refractivity contribution is 0.0686. The van der Waals surface area contributed by atoms with Crippen LogP contribution in [-0.2, 0) is 0 Å². The zero-order chi connectivity index (χ0) is 10.3. The molecule has 2 aromatic heterocycles. The first-order valence-corrected chi connectivity index (χ1v) is 4.95. The van der Waals surface area contributed by atoms with Gasteiger partial charge in [0, 0.05) is 0 Å². The molecule has 14 heavy (non-hydrogen) atoms. The van der Waals surface area contributed by atoms with E-state index in [0.29, 0.717) is 9.66 Å². The van der Waals surface area contributed by atoms with E-state index in [1.807, 2.05) is 0 Å². The van der Waals surface area contributed by atoms with E-state index in [9.17, 15) is 9.59 Å². The molecule has 72 valence electrons. The lowest BCUT2D eigenvalue weighted by Crippen LogP contribution is -1.94. The molecule has 0 aliphatic rings. The Kier molecular flexibility index (Phi) is 1.93. The quantitative estimate of drug-likeness (QED) is 0.802. The maximum absolute atomic E-state index is 10.5. The van der Waals surface area contributed by atoms with E-state index >= 15 is 0 Å². The number of nitrogens with zero attached hydrogens (tertiary/aromatic N) is 2. The number of aromatic nitrogens is 2. The Morgan fingerprint density at radius 2 is 1.29 bits per heavy atom. The van der Waals surface area contributed by atoms with Crippen molar-refractivity contribution in [1.29, 1.82) is 0 Å². The lowest BCUT2D eigenvalue weighted by atomic mass is 10.7. The second kappa shape index (κ2) is 3.00. The number of carboxylic acid groups (broad SMARTS) is 2. The molecular formula is C6H2N2O4S2. The molecule has 2 N–H and O–H groups in total. The number of aromatic carboxylic acids is 2. The first-order valence-electron chi connectivity index (χ1n) is 3.32. The summed E-state index contributed by atoms with van der Waals surface area (Å²) >= 11 is 1.74. The van der Waals surface area contributed by atoms with Crippen LogP contribution in [0.1, 0.15) is 19.6 Å². The fourth-order valence-corrected chi connectivity index (χ4v) is 2.54. The summed E-state index contributed by atoms with van der Waals surface area (Å²) in [4.78, 5) is 29.1. The van der Waals surface area contributed by atoms with Crippen LogP contribution in [0, 0.1) is 0 Å². The third-order valence-corrected chi connectivity index (χ3v) is 3.35. The maximum atomic E-state index is 10.5. The van der Waals surface area contributed by atoms with Crippen LogP contribution in [0.2, 0.25) is 0 Å². The fourth-order valence-electron chi connectivity index (χ4n) is 0.825. The van der Waals surface area contributed by atoms with Crippen molar-refractivity contribution in [3.8, 4) is 0 Å². The number of hydrogen-bond donors (Lipinski definition) is 2. The Morgan fingerprint density at radius 3 is 1.57 bits per heavy atom. The van der Waals surface area contributed by atoms with Gasteiger partial charge < -0.3 is 10.2 Å². The molecule has 2 heterocycles. The number of hydrogen-bond acceptors (Lipinski definition) is 6. The van der Waals surface area contributed by atoms with Crippen molar-refractivity contribution in [3.63, 3.8) is 0 Å². The normalized spacial score (nSPS) is 10.6. The third kappa shape index (κ3) is 1.34. The molecule has 6 nitrogen and oxygen atoms in total. The van der Waals surface area contributed by atoms with Gasteiger partial charge in [0.2, 0.25) is 10.0 Å². The number of fused-ring (bicyclic) bond motifs is 1. The molecule has 2 rings (SSSR count). The topological polar surface area (TPSA) is 100 Å². The summed E-state index contributed by atoms with van der Waals surface area (Å²) < 4.78 is 0. The van der Waals surface area contributed by atoms with Gasteiger partial charge in [-0.3, -0.25) is 0 Å². The van der Waals surface area contributed by atoms with E-state index < -0.39 is 11.9 Å². The molecule has 0 aliphatic carbocycles. The lowest BCUT2D eigenvalue weighted by Gasteiger charge is -1.82. The summed E-state index contributed by atoms with van der Waals surface area (Å²) in [7, 11) is 0. The largest absolute Gasteiger partial charge is 0.476 e. The average molecular weight is 230 g/mol. The van der Waals surface area contributed by atoms with E-state index in [2.05, 4.69) is 9.97 Å². The summed E-state index contributed by atoms with van der Waals surface area (Å²) in [6, 6.07) is 0. The Hall–Kier alpha value is -1.54. The number of carbonyl (C=O) groups is 2. The predicted octanol–water partition coefficient (Wildman–Crippen LogP) is 1.15. The van der Waals surface area contributed by atoms with E-state index in [4.69, 9.17) is 10.2 Å². The van der Waals surface area contributed by atoms with Crippen molar-refractivity contribution in [2.75, 3.05) is 0 Å². The minimum atomic E-state index is -1.13.